The average Bonchev–Trinajstić information content (AvgIpc) is 3.75. The van der Waals surface area contributed by atoms with Crippen LogP contribution in [-0.4, -0.2) is 148 Å². The molecule has 1 aromatic carbocycles. The predicted molar refractivity (Wildman–Crippen MR) is 154 cm³/mol. The number of aliphatic hydroxyl groups is 7. The number of ether oxygens (including phenoxy) is 8. The van der Waals surface area contributed by atoms with E-state index in [1.165, 1.54) is 26.4 Å². The van der Waals surface area contributed by atoms with E-state index in [1.807, 2.05) is 0 Å². The molecule has 0 spiro atoms. The largest absolute Gasteiger partial charge is 0.497 e. The van der Waals surface area contributed by atoms with Gasteiger partial charge in [0.15, 0.2) is 18.7 Å². The van der Waals surface area contributed by atoms with Crippen molar-refractivity contribution in [3.05, 3.63) is 48.2 Å². The summed E-state index contributed by atoms with van der Waals surface area (Å²) < 4.78 is 45.6. The minimum atomic E-state index is -1.69. The van der Waals surface area contributed by atoms with E-state index in [9.17, 15) is 40.5 Å². The summed E-state index contributed by atoms with van der Waals surface area (Å²) in [5.41, 5.74) is -0.529. The molecular formula is C31H40O16. The van der Waals surface area contributed by atoms with Crippen molar-refractivity contribution in [2.75, 3.05) is 20.3 Å². The normalized spacial score (nSPS) is 45.6. The fourth-order valence-electron chi connectivity index (χ4n) is 6.77. The van der Waals surface area contributed by atoms with Crippen LogP contribution >= 0.6 is 0 Å². The number of hydrogen-bond acceptors (Lipinski definition) is 16. The number of carbonyl (C=O) groups is 1. The average molecular weight is 669 g/mol. The van der Waals surface area contributed by atoms with Crippen molar-refractivity contribution in [2.24, 2.45) is 11.8 Å². The number of fused-ring (bicyclic) bond motifs is 3. The van der Waals surface area contributed by atoms with Gasteiger partial charge in [-0.3, -0.25) is 0 Å². The molecule has 1 aromatic rings. The quantitative estimate of drug-likeness (QED) is 0.0777. The maximum Gasteiger partial charge on any atom is 0.331 e. The first-order valence-electron chi connectivity index (χ1n) is 15.3. The van der Waals surface area contributed by atoms with Gasteiger partial charge in [-0.05, 0) is 36.8 Å². The molecule has 0 amide bonds. The fraction of sp³-hybridized carbons (Fsp3) is 0.645. The standard InChI is InChI=1S/C31H40O16/c1-13-20(35)26(44-18(34)8-5-14-3-6-15(40-2)7-4-14)24(39)30(42-13)45-25-16-9-10-41-28(19(16)31(12-33)27(25)47-31)46-29-23(38)22(37)21(36)17(11-32)43-29/h3-10,13,16-17,19-30,32-33,35-39H,11-12H2,1-2H3/t13-,16+,17+,19+,20-,21+,22-,23+,24+,25-,26+,27-,28-,29-,30-,31+/m0/s1. The molecule has 0 aromatic heterocycles. The molecule has 4 fully saturated rings. The van der Waals surface area contributed by atoms with Crippen molar-refractivity contribution in [3.63, 3.8) is 0 Å². The second-order valence-electron chi connectivity index (χ2n) is 12.2. The van der Waals surface area contributed by atoms with Gasteiger partial charge in [-0.25, -0.2) is 4.79 Å². The van der Waals surface area contributed by atoms with E-state index in [-0.39, 0.29) is 0 Å². The molecule has 0 radical (unpaired) electrons. The zero-order valence-corrected chi connectivity index (χ0v) is 25.5. The third-order valence-electron chi connectivity index (χ3n) is 9.45. The summed E-state index contributed by atoms with van der Waals surface area (Å²) >= 11 is 0. The zero-order valence-electron chi connectivity index (χ0n) is 25.5. The minimum absolute atomic E-state index is 0.478. The predicted octanol–water partition coefficient (Wildman–Crippen LogP) is -2.47. The van der Waals surface area contributed by atoms with Crippen LogP contribution in [0.15, 0.2) is 42.7 Å². The first kappa shape index (κ1) is 34.2. The summed E-state index contributed by atoms with van der Waals surface area (Å²) in [5.74, 6) is -1.48. The first-order valence-corrected chi connectivity index (χ1v) is 15.3. The lowest BCUT2D eigenvalue weighted by Gasteiger charge is -2.44. The van der Waals surface area contributed by atoms with Gasteiger partial charge in [0.25, 0.3) is 0 Å². The number of rotatable bonds is 10. The smallest absolute Gasteiger partial charge is 0.331 e. The number of carbonyl (C=O) groups excluding carboxylic acids is 1. The summed E-state index contributed by atoms with van der Waals surface area (Å²) in [6, 6.07) is 6.91. The molecule has 16 atom stereocenters. The van der Waals surface area contributed by atoms with Crippen molar-refractivity contribution in [2.45, 2.75) is 92.4 Å². The highest BCUT2D eigenvalue weighted by Crippen LogP contribution is 2.61. The van der Waals surface area contributed by atoms with Gasteiger partial charge in [0.1, 0.15) is 54.1 Å². The molecule has 47 heavy (non-hydrogen) atoms. The van der Waals surface area contributed by atoms with Gasteiger partial charge in [-0.2, -0.15) is 0 Å². The molecular weight excluding hydrogens is 628 g/mol. The molecule has 0 unspecified atom stereocenters. The lowest BCUT2D eigenvalue weighted by Crippen LogP contribution is -2.60. The second-order valence-corrected chi connectivity index (χ2v) is 12.2. The highest BCUT2D eigenvalue weighted by atomic mass is 16.8. The van der Waals surface area contributed by atoms with Crippen molar-refractivity contribution < 1.29 is 78.4 Å². The van der Waals surface area contributed by atoms with Gasteiger partial charge in [-0.1, -0.05) is 12.1 Å². The van der Waals surface area contributed by atoms with Crippen LogP contribution in [0.1, 0.15) is 12.5 Å². The third kappa shape index (κ3) is 6.29. The van der Waals surface area contributed by atoms with E-state index < -0.39 is 117 Å². The molecule has 7 N–H and O–H groups in total. The Kier molecular flexibility index (Phi) is 9.93. The summed E-state index contributed by atoms with van der Waals surface area (Å²) in [5, 5.41) is 72.7. The van der Waals surface area contributed by atoms with Crippen LogP contribution < -0.4 is 4.74 Å². The van der Waals surface area contributed by atoms with Crippen molar-refractivity contribution in [1.82, 2.24) is 0 Å². The second kappa shape index (κ2) is 13.7. The van der Waals surface area contributed by atoms with Crippen LogP contribution in [0.2, 0.25) is 0 Å². The Labute approximate surface area is 269 Å². The summed E-state index contributed by atoms with van der Waals surface area (Å²) in [7, 11) is 1.54. The molecule has 4 aliphatic heterocycles. The highest BCUT2D eigenvalue weighted by Gasteiger charge is 2.77. The molecule has 6 rings (SSSR count). The highest BCUT2D eigenvalue weighted by molar-refractivity contribution is 5.87. The van der Waals surface area contributed by atoms with Crippen LogP contribution in [0.4, 0.5) is 0 Å². The van der Waals surface area contributed by atoms with E-state index in [0.29, 0.717) is 11.3 Å². The van der Waals surface area contributed by atoms with E-state index >= 15 is 0 Å². The Bertz CT molecular complexity index is 1300. The Morgan fingerprint density at radius 2 is 1.62 bits per heavy atom. The Balaban J connectivity index is 1.14. The number of benzene rings is 1. The van der Waals surface area contributed by atoms with Crippen LogP contribution in [0.5, 0.6) is 5.75 Å². The van der Waals surface area contributed by atoms with E-state index in [2.05, 4.69) is 0 Å². The summed E-state index contributed by atoms with van der Waals surface area (Å²) in [6.45, 7) is 0.396. The van der Waals surface area contributed by atoms with Crippen molar-refractivity contribution in [1.29, 1.82) is 0 Å². The zero-order chi connectivity index (χ0) is 33.6. The molecule has 4 heterocycles. The topological polar surface area (TPSA) is 236 Å². The van der Waals surface area contributed by atoms with Gasteiger partial charge in [-0.15, -0.1) is 0 Å². The lowest BCUT2D eigenvalue weighted by molar-refractivity contribution is -0.347. The van der Waals surface area contributed by atoms with E-state index in [4.69, 9.17) is 37.9 Å². The van der Waals surface area contributed by atoms with Gasteiger partial charge < -0.3 is 73.6 Å². The SMILES string of the molecule is COc1ccc(C=CC(=O)O[C@@H]2[C@@H](O)[C@H](C)O[C@@H](O[C@H]3[C@@H]4C=CO[C@@H](O[C@@H]5O[C@H](CO)[C@@H](O)[C@H](O)[C@H]5O)[C@@H]4[C@@]4(CO)O[C@@H]34)[C@@H]2O)cc1. The summed E-state index contributed by atoms with van der Waals surface area (Å²) in [4.78, 5) is 12.7. The Morgan fingerprint density at radius 3 is 2.30 bits per heavy atom. The Morgan fingerprint density at radius 1 is 0.894 bits per heavy atom. The van der Waals surface area contributed by atoms with Crippen molar-refractivity contribution in [3.8, 4) is 5.75 Å². The fourth-order valence-corrected chi connectivity index (χ4v) is 6.77. The minimum Gasteiger partial charge on any atom is -0.497 e. The van der Waals surface area contributed by atoms with E-state index in [1.54, 1.807) is 30.3 Å². The lowest BCUT2D eigenvalue weighted by atomic mass is 9.85. The van der Waals surface area contributed by atoms with Crippen molar-refractivity contribution >= 4 is 12.0 Å². The molecule has 1 saturated carbocycles. The number of esters is 1. The third-order valence-corrected chi connectivity index (χ3v) is 9.45. The van der Waals surface area contributed by atoms with Gasteiger partial charge in [0.05, 0.1) is 44.7 Å². The van der Waals surface area contributed by atoms with Crippen LogP contribution in [0.3, 0.4) is 0 Å². The molecule has 3 saturated heterocycles. The molecule has 16 nitrogen and oxygen atoms in total. The molecule has 5 aliphatic rings. The molecule has 16 heteroatoms. The molecule has 0 bridgehead atoms. The van der Waals surface area contributed by atoms with Gasteiger partial charge >= 0.3 is 5.97 Å². The van der Waals surface area contributed by atoms with Gasteiger partial charge in [0.2, 0.25) is 6.29 Å². The summed E-state index contributed by atoms with van der Waals surface area (Å²) in [6.07, 6.45) is -11.5. The number of aliphatic hydroxyl groups excluding tert-OH is 7. The number of epoxide rings is 1. The monoisotopic (exact) mass is 668 g/mol. The van der Waals surface area contributed by atoms with E-state index in [0.717, 1.165) is 6.08 Å². The van der Waals surface area contributed by atoms with Gasteiger partial charge in [0, 0.05) is 12.0 Å². The van der Waals surface area contributed by atoms with Crippen LogP contribution in [0, 0.1) is 11.8 Å². The maximum absolute atomic E-state index is 12.7. The first-order chi connectivity index (χ1) is 22.5. The maximum atomic E-state index is 12.7. The molecule has 1 aliphatic carbocycles. The molecule has 260 valence electrons. The van der Waals surface area contributed by atoms with Crippen LogP contribution in [-0.2, 0) is 38.0 Å². The van der Waals surface area contributed by atoms with Crippen LogP contribution in [0.25, 0.3) is 6.08 Å². The Hall–Kier alpha value is -2.71. The number of hydrogen-bond donors (Lipinski definition) is 7. The number of methoxy groups -OCH3 is 1.